The van der Waals surface area contributed by atoms with Crippen LogP contribution in [0, 0.1) is 10.1 Å². The maximum atomic E-state index is 10.9. The van der Waals surface area contributed by atoms with Crippen LogP contribution >= 0.6 is 11.6 Å². The molecule has 0 aliphatic rings. The van der Waals surface area contributed by atoms with Gasteiger partial charge in [-0.25, -0.2) is 9.67 Å². The van der Waals surface area contributed by atoms with Crippen molar-refractivity contribution in [3.8, 4) is 5.82 Å². The van der Waals surface area contributed by atoms with Crippen LogP contribution in [0.1, 0.15) is 10.5 Å². The molecule has 0 spiro atoms. The van der Waals surface area contributed by atoms with Crippen LogP contribution in [0.3, 0.4) is 0 Å². The number of carbonyl (C=O) groups excluding carboxylic acids is 1. The summed E-state index contributed by atoms with van der Waals surface area (Å²) in [6.07, 6.45) is 1.41. The van der Waals surface area contributed by atoms with Gasteiger partial charge in [-0.05, 0) is 6.07 Å². The molecule has 2 rings (SSSR count). The van der Waals surface area contributed by atoms with E-state index in [1.165, 1.54) is 23.0 Å². The summed E-state index contributed by atoms with van der Waals surface area (Å²) < 4.78 is 1.18. The largest absolute Gasteiger partial charge is 0.364 e. The fraction of sp³-hybridized carbons (Fsp3) is 0. The topological polar surface area (TPSA) is 117 Å². The quantitative estimate of drug-likeness (QED) is 0.504. The van der Waals surface area contributed by atoms with Gasteiger partial charge in [-0.3, -0.25) is 14.9 Å². The fourth-order valence-electron chi connectivity index (χ4n) is 1.28. The third-order valence-corrected chi connectivity index (χ3v) is 2.25. The van der Waals surface area contributed by atoms with Gasteiger partial charge in [0.2, 0.25) is 0 Å². The van der Waals surface area contributed by atoms with Crippen LogP contribution in [0.4, 0.5) is 5.69 Å². The number of nitrogens with zero attached hydrogens (tertiary/aromatic N) is 4. The molecule has 0 unspecified atom stereocenters. The Balaban J connectivity index is 2.49. The number of pyridine rings is 1. The summed E-state index contributed by atoms with van der Waals surface area (Å²) in [6, 6.07) is 3.67. The van der Waals surface area contributed by atoms with Crippen molar-refractivity contribution in [3.05, 3.63) is 45.4 Å². The summed E-state index contributed by atoms with van der Waals surface area (Å²) in [5.74, 6) is -0.577. The number of hydrogen-bond donors (Lipinski definition) is 1. The van der Waals surface area contributed by atoms with E-state index < -0.39 is 10.8 Å². The molecule has 0 saturated heterocycles. The molecule has 2 heterocycles. The number of rotatable bonds is 3. The Bertz CT molecular complexity index is 639. The van der Waals surface area contributed by atoms with E-state index in [0.717, 1.165) is 6.07 Å². The Labute approximate surface area is 105 Å². The minimum atomic E-state index is -0.703. The van der Waals surface area contributed by atoms with Crippen molar-refractivity contribution in [2.75, 3.05) is 0 Å². The second kappa shape index (κ2) is 4.41. The summed E-state index contributed by atoms with van der Waals surface area (Å²) in [7, 11) is 0. The molecule has 9 heteroatoms. The van der Waals surface area contributed by atoms with Crippen LogP contribution in [-0.2, 0) is 0 Å². The number of carbonyl (C=O) groups is 1. The number of halogens is 1. The summed E-state index contributed by atoms with van der Waals surface area (Å²) in [6.45, 7) is 0. The SMILES string of the molecule is NC(=O)c1ccn(-c2cc([N+](=O)[O-])cc(Cl)n2)n1. The monoisotopic (exact) mass is 267 g/mol. The van der Waals surface area contributed by atoms with E-state index in [2.05, 4.69) is 10.1 Å². The van der Waals surface area contributed by atoms with Crippen molar-refractivity contribution in [3.63, 3.8) is 0 Å². The molecule has 0 bridgehead atoms. The minimum absolute atomic E-state index is 0.0272. The van der Waals surface area contributed by atoms with Crippen molar-refractivity contribution in [1.82, 2.24) is 14.8 Å². The Hall–Kier alpha value is -2.48. The maximum Gasteiger partial charge on any atom is 0.276 e. The summed E-state index contributed by atoms with van der Waals surface area (Å²) in [4.78, 5) is 24.8. The van der Waals surface area contributed by atoms with E-state index in [0.29, 0.717) is 0 Å². The van der Waals surface area contributed by atoms with Gasteiger partial charge in [0.1, 0.15) is 10.8 Å². The van der Waals surface area contributed by atoms with E-state index >= 15 is 0 Å². The zero-order valence-corrected chi connectivity index (χ0v) is 9.53. The summed E-state index contributed by atoms with van der Waals surface area (Å²) >= 11 is 5.67. The lowest BCUT2D eigenvalue weighted by atomic mass is 10.4. The molecule has 2 N–H and O–H groups in total. The molecule has 92 valence electrons. The van der Waals surface area contributed by atoms with Crippen LogP contribution in [0.2, 0.25) is 5.15 Å². The van der Waals surface area contributed by atoms with Gasteiger partial charge in [0.05, 0.1) is 17.1 Å². The molecule has 0 aliphatic heterocycles. The zero-order chi connectivity index (χ0) is 13.3. The van der Waals surface area contributed by atoms with Crippen molar-refractivity contribution < 1.29 is 9.72 Å². The lowest BCUT2D eigenvalue weighted by Crippen LogP contribution is -2.12. The highest BCUT2D eigenvalue weighted by molar-refractivity contribution is 6.29. The molecule has 0 radical (unpaired) electrons. The molecule has 1 amide bonds. The molecule has 0 saturated carbocycles. The lowest BCUT2D eigenvalue weighted by Gasteiger charge is -2.00. The van der Waals surface area contributed by atoms with Gasteiger partial charge >= 0.3 is 0 Å². The Morgan fingerprint density at radius 2 is 2.22 bits per heavy atom. The zero-order valence-electron chi connectivity index (χ0n) is 8.78. The average Bonchev–Trinajstić information content (AvgIpc) is 2.77. The lowest BCUT2D eigenvalue weighted by molar-refractivity contribution is -0.384. The molecule has 0 fully saturated rings. The first kappa shape index (κ1) is 12.0. The van der Waals surface area contributed by atoms with Crippen LogP contribution in [-0.4, -0.2) is 25.6 Å². The summed E-state index contributed by atoms with van der Waals surface area (Å²) in [5.41, 5.74) is 4.85. The number of amides is 1. The van der Waals surface area contributed by atoms with Gasteiger partial charge < -0.3 is 5.73 Å². The predicted octanol–water partition coefficient (Wildman–Crippen LogP) is 0.928. The Morgan fingerprint density at radius 3 is 2.78 bits per heavy atom. The second-order valence-electron chi connectivity index (χ2n) is 3.27. The highest BCUT2D eigenvalue weighted by Gasteiger charge is 2.13. The molecular weight excluding hydrogens is 262 g/mol. The van der Waals surface area contributed by atoms with E-state index in [1.807, 2.05) is 0 Å². The van der Waals surface area contributed by atoms with E-state index in [4.69, 9.17) is 17.3 Å². The van der Waals surface area contributed by atoms with Crippen LogP contribution in [0.25, 0.3) is 5.82 Å². The van der Waals surface area contributed by atoms with Gasteiger partial charge in [0.15, 0.2) is 5.82 Å². The number of aromatic nitrogens is 3. The molecule has 8 nitrogen and oxygen atoms in total. The molecule has 2 aromatic heterocycles. The molecule has 2 aromatic rings. The van der Waals surface area contributed by atoms with E-state index in [9.17, 15) is 14.9 Å². The second-order valence-corrected chi connectivity index (χ2v) is 3.66. The van der Waals surface area contributed by atoms with Gasteiger partial charge in [-0.15, -0.1) is 0 Å². The predicted molar refractivity (Wildman–Crippen MR) is 61.5 cm³/mol. The molecule has 18 heavy (non-hydrogen) atoms. The standard InChI is InChI=1S/C9H6ClN5O3/c10-7-3-5(15(17)18)4-8(12-7)14-2-1-6(13-14)9(11)16/h1-4H,(H2,11,16). The fourth-order valence-corrected chi connectivity index (χ4v) is 1.47. The van der Waals surface area contributed by atoms with Crippen LogP contribution in [0.5, 0.6) is 0 Å². The van der Waals surface area contributed by atoms with Crippen molar-refractivity contribution in [2.45, 2.75) is 0 Å². The molecule has 0 atom stereocenters. The van der Waals surface area contributed by atoms with Gasteiger partial charge in [-0.1, -0.05) is 11.6 Å². The summed E-state index contributed by atoms with van der Waals surface area (Å²) in [5, 5.41) is 14.4. The average molecular weight is 268 g/mol. The van der Waals surface area contributed by atoms with E-state index in [1.54, 1.807) is 0 Å². The van der Waals surface area contributed by atoms with Crippen LogP contribution < -0.4 is 5.73 Å². The minimum Gasteiger partial charge on any atom is -0.364 e. The van der Waals surface area contributed by atoms with Crippen molar-refractivity contribution >= 4 is 23.2 Å². The molecule has 0 aliphatic carbocycles. The first-order valence-electron chi connectivity index (χ1n) is 4.65. The highest BCUT2D eigenvalue weighted by Crippen LogP contribution is 2.19. The van der Waals surface area contributed by atoms with Crippen molar-refractivity contribution in [2.24, 2.45) is 5.73 Å². The molecule has 0 aromatic carbocycles. The normalized spacial score (nSPS) is 10.3. The van der Waals surface area contributed by atoms with Gasteiger partial charge in [-0.2, -0.15) is 5.10 Å². The third kappa shape index (κ3) is 2.28. The number of nitro groups is 1. The van der Waals surface area contributed by atoms with E-state index in [-0.39, 0.29) is 22.4 Å². The first-order valence-corrected chi connectivity index (χ1v) is 5.03. The molecular formula is C9H6ClN5O3. The van der Waals surface area contributed by atoms with Crippen molar-refractivity contribution in [1.29, 1.82) is 0 Å². The van der Waals surface area contributed by atoms with Gasteiger partial charge in [0.25, 0.3) is 11.6 Å². The van der Waals surface area contributed by atoms with Crippen LogP contribution in [0.15, 0.2) is 24.4 Å². The number of primary amides is 1. The first-order chi connectivity index (χ1) is 8.47. The Morgan fingerprint density at radius 1 is 1.50 bits per heavy atom. The Kier molecular flexibility index (Phi) is 2.94. The highest BCUT2D eigenvalue weighted by atomic mass is 35.5. The number of nitrogens with two attached hydrogens (primary N) is 1. The van der Waals surface area contributed by atoms with Gasteiger partial charge in [0, 0.05) is 6.20 Å². The maximum absolute atomic E-state index is 10.9. The smallest absolute Gasteiger partial charge is 0.276 e. The number of hydrogen-bond acceptors (Lipinski definition) is 5. The third-order valence-electron chi connectivity index (χ3n) is 2.05.